The zero-order chi connectivity index (χ0) is 10.3. The number of aliphatic hydroxyl groups excluding tert-OH is 1. The van der Waals surface area contributed by atoms with Crippen LogP contribution in [0.3, 0.4) is 0 Å². The normalized spacial score (nSPS) is 21.5. The molecule has 0 amide bonds. The number of carbonyl (C=O) groups excluding carboxylic acids is 1. The third-order valence-corrected chi connectivity index (χ3v) is 2.93. The first-order valence-electron chi connectivity index (χ1n) is 4.69. The van der Waals surface area contributed by atoms with Gasteiger partial charge >= 0.3 is 0 Å². The van der Waals surface area contributed by atoms with Crippen LogP contribution in [-0.2, 0) is 9.53 Å². The van der Waals surface area contributed by atoms with Gasteiger partial charge < -0.3 is 14.6 Å². The molecule has 0 aliphatic heterocycles. The Bertz CT molecular complexity index is 139. The molecule has 0 radical (unpaired) electrons. The number of aldehydes is 1. The second kappa shape index (κ2) is 6.11. The van der Waals surface area contributed by atoms with Gasteiger partial charge in [0.05, 0.1) is 11.5 Å². The molecule has 1 saturated carbocycles. The van der Waals surface area contributed by atoms with E-state index in [9.17, 15) is 4.79 Å². The largest absolute Gasteiger partial charge is 0.400 e. The van der Waals surface area contributed by atoms with Gasteiger partial charge in [-0.3, -0.25) is 0 Å². The Hall–Kier alpha value is -0.410. The van der Waals surface area contributed by atoms with Crippen LogP contribution in [0.4, 0.5) is 0 Å². The molecule has 0 heterocycles. The summed E-state index contributed by atoms with van der Waals surface area (Å²) in [5.74, 6) is 0. The molecule has 78 valence electrons. The molecule has 0 aromatic heterocycles. The van der Waals surface area contributed by atoms with Crippen molar-refractivity contribution < 1.29 is 14.6 Å². The highest BCUT2D eigenvalue weighted by Gasteiger charge is 2.38. The lowest BCUT2D eigenvalue weighted by atomic mass is 9.83. The van der Waals surface area contributed by atoms with E-state index in [-0.39, 0.29) is 11.5 Å². The molecule has 13 heavy (non-hydrogen) atoms. The van der Waals surface area contributed by atoms with Crippen LogP contribution >= 0.6 is 0 Å². The maximum atomic E-state index is 10.8. The minimum atomic E-state index is -0.158. The van der Waals surface area contributed by atoms with Gasteiger partial charge in [0.1, 0.15) is 6.29 Å². The summed E-state index contributed by atoms with van der Waals surface area (Å²) in [6.07, 6.45) is 5.53. The number of aliphatic hydroxyl groups is 1. The van der Waals surface area contributed by atoms with E-state index in [1.54, 1.807) is 7.11 Å². The Morgan fingerprint density at radius 3 is 2.15 bits per heavy atom. The zero-order valence-corrected chi connectivity index (χ0v) is 8.75. The van der Waals surface area contributed by atoms with Crippen molar-refractivity contribution in [3.05, 3.63) is 0 Å². The summed E-state index contributed by atoms with van der Waals surface area (Å²) >= 11 is 0. The van der Waals surface area contributed by atoms with Crippen molar-refractivity contribution in [3.63, 3.8) is 0 Å². The Balaban J connectivity index is 0.000000671. The summed E-state index contributed by atoms with van der Waals surface area (Å²) in [4.78, 5) is 10.8. The lowest BCUT2D eigenvalue weighted by molar-refractivity contribution is -0.123. The minimum Gasteiger partial charge on any atom is -0.400 e. The molecule has 0 aromatic rings. The number of hydrogen-bond donors (Lipinski definition) is 1. The van der Waals surface area contributed by atoms with Crippen molar-refractivity contribution in [1.82, 2.24) is 0 Å². The summed E-state index contributed by atoms with van der Waals surface area (Å²) in [7, 11) is 2.67. The second-order valence-electron chi connectivity index (χ2n) is 3.44. The highest BCUT2D eigenvalue weighted by Crippen LogP contribution is 2.40. The summed E-state index contributed by atoms with van der Waals surface area (Å²) in [5, 5.41) is 7.00. The molecular weight excluding hydrogens is 168 g/mol. The lowest BCUT2D eigenvalue weighted by Crippen LogP contribution is -2.33. The van der Waals surface area contributed by atoms with Gasteiger partial charge in [0.15, 0.2) is 0 Å². The first kappa shape index (κ1) is 12.6. The van der Waals surface area contributed by atoms with Crippen LogP contribution in [0, 0.1) is 5.41 Å². The molecule has 1 atom stereocenters. The van der Waals surface area contributed by atoms with Crippen molar-refractivity contribution in [3.8, 4) is 0 Å². The van der Waals surface area contributed by atoms with Crippen LogP contribution in [0.2, 0.25) is 0 Å². The van der Waals surface area contributed by atoms with E-state index in [4.69, 9.17) is 9.84 Å². The molecule has 3 heteroatoms. The Morgan fingerprint density at radius 2 is 1.85 bits per heavy atom. The average Bonchev–Trinajstić information content (AvgIpc) is 2.69. The summed E-state index contributed by atoms with van der Waals surface area (Å²) in [5.41, 5.74) is -0.158. The van der Waals surface area contributed by atoms with Gasteiger partial charge in [-0.15, -0.1) is 0 Å². The molecule has 0 saturated heterocycles. The number of rotatable bonds is 3. The fraction of sp³-hybridized carbons (Fsp3) is 0.900. The highest BCUT2D eigenvalue weighted by atomic mass is 16.5. The van der Waals surface area contributed by atoms with Crippen molar-refractivity contribution >= 4 is 6.29 Å². The maximum Gasteiger partial charge on any atom is 0.128 e. The topological polar surface area (TPSA) is 46.5 Å². The van der Waals surface area contributed by atoms with Crippen molar-refractivity contribution in [2.45, 2.75) is 38.7 Å². The first-order chi connectivity index (χ1) is 6.25. The van der Waals surface area contributed by atoms with Crippen molar-refractivity contribution in [2.24, 2.45) is 5.41 Å². The molecule has 1 unspecified atom stereocenters. The number of hydrogen-bond acceptors (Lipinski definition) is 3. The van der Waals surface area contributed by atoms with Crippen molar-refractivity contribution in [1.29, 1.82) is 0 Å². The molecule has 0 spiro atoms. The quantitative estimate of drug-likeness (QED) is 0.681. The third-order valence-electron chi connectivity index (χ3n) is 2.93. The van der Waals surface area contributed by atoms with Gasteiger partial charge in [0, 0.05) is 14.2 Å². The molecule has 1 rings (SSSR count). The van der Waals surface area contributed by atoms with Crippen LogP contribution in [0.25, 0.3) is 0 Å². The van der Waals surface area contributed by atoms with Gasteiger partial charge in [0.2, 0.25) is 0 Å². The molecule has 1 aliphatic carbocycles. The molecule has 0 bridgehead atoms. The van der Waals surface area contributed by atoms with E-state index in [0.29, 0.717) is 0 Å². The smallest absolute Gasteiger partial charge is 0.128 e. The Kier molecular flexibility index (Phi) is 5.91. The van der Waals surface area contributed by atoms with Crippen LogP contribution in [0.15, 0.2) is 0 Å². The molecular formula is C10H20O3. The van der Waals surface area contributed by atoms with Crippen molar-refractivity contribution in [2.75, 3.05) is 14.2 Å². The Labute approximate surface area is 80.1 Å². The fourth-order valence-electron chi connectivity index (χ4n) is 1.89. The standard InChI is InChI=1S/C9H16O2.CH4O/c1-8(11-2)9(7-10)5-3-4-6-9;1-2/h7-8H,3-6H2,1-2H3;2H,1H3. The van der Waals surface area contributed by atoms with E-state index in [1.807, 2.05) is 6.92 Å². The minimum absolute atomic E-state index is 0.0856. The van der Waals surface area contributed by atoms with E-state index < -0.39 is 0 Å². The number of methoxy groups -OCH3 is 1. The van der Waals surface area contributed by atoms with Gasteiger partial charge in [-0.1, -0.05) is 12.8 Å². The number of ether oxygens (including phenoxy) is 1. The van der Waals surface area contributed by atoms with Gasteiger partial charge in [-0.25, -0.2) is 0 Å². The highest BCUT2D eigenvalue weighted by molar-refractivity contribution is 5.60. The molecule has 1 fully saturated rings. The molecule has 1 N–H and O–H groups in total. The summed E-state index contributed by atoms with van der Waals surface area (Å²) in [6.45, 7) is 1.99. The zero-order valence-electron chi connectivity index (χ0n) is 8.75. The van der Waals surface area contributed by atoms with Gasteiger partial charge in [0.25, 0.3) is 0 Å². The molecule has 0 aromatic carbocycles. The first-order valence-corrected chi connectivity index (χ1v) is 4.69. The molecule has 3 nitrogen and oxygen atoms in total. The monoisotopic (exact) mass is 188 g/mol. The van der Waals surface area contributed by atoms with E-state index in [1.165, 1.54) is 12.8 Å². The lowest BCUT2D eigenvalue weighted by Gasteiger charge is -2.27. The summed E-state index contributed by atoms with van der Waals surface area (Å²) < 4.78 is 5.20. The van der Waals surface area contributed by atoms with Gasteiger partial charge in [-0.2, -0.15) is 0 Å². The van der Waals surface area contributed by atoms with Gasteiger partial charge in [-0.05, 0) is 19.8 Å². The second-order valence-corrected chi connectivity index (χ2v) is 3.44. The number of carbonyl (C=O) groups is 1. The SMILES string of the molecule is CO.COC(C)C1(C=O)CCCC1. The summed E-state index contributed by atoms with van der Waals surface area (Å²) in [6, 6.07) is 0. The van der Waals surface area contributed by atoms with E-state index in [2.05, 4.69) is 0 Å². The third kappa shape index (κ3) is 2.78. The van der Waals surface area contributed by atoms with Crippen LogP contribution < -0.4 is 0 Å². The van der Waals surface area contributed by atoms with Crippen LogP contribution in [-0.4, -0.2) is 31.7 Å². The van der Waals surface area contributed by atoms with Crippen LogP contribution in [0.5, 0.6) is 0 Å². The van der Waals surface area contributed by atoms with Crippen LogP contribution in [0.1, 0.15) is 32.6 Å². The van der Waals surface area contributed by atoms with E-state index in [0.717, 1.165) is 26.2 Å². The predicted octanol–water partition coefficient (Wildman–Crippen LogP) is 1.39. The Morgan fingerprint density at radius 1 is 1.38 bits per heavy atom. The van der Waals surface area contributed by atoms with E-state index >= 15 is 0 Å². The fourth-order valence-corrected chi connectivity index (χ4v) is 1.89. The predicted molar refractivity (Wildman–Crippen MR) is 51.6 cm³/mol. The average molecular weight is 188 g/mol. The molecule has 1 aliphatic rings. The maximum absolute atomic E-state index is 10.8.